The van der Waals surface area contributed by atoms with Gasteiger partial charge in [-0.25, -0.2) is 17.1 Å². The minimum absolute atomic E-state index is 0.0679. The van der Waals surface area contributed by atoms with E-state index in [0.29, 0.717) is 19.8 Å². The Balaban J connectivity index is 2.27. The van der Waals surface area contributed by atoms with Crippen molar-refractivity contribution in [2.24, 2.45) is 0 Å². The Morgan fingerprint density at radius 3 is 2.52 bits per heavy atom. The van der Waals surface area contributed by atoms with E-state index in [1.807, 2.05) is 13.0 Å². The molecule has 136 valence electrons. The second kappa shape index (κ2) is 7.90. The molecule has 1 aromatic carbocycles. The van der Waals surface area contributed by atoms with Crippen LogP contribution < -0.4 is 10.5 Å². The van der Waals surface area contributed by atoms with Crippen LogP contribution in [0.15, 0.2) is 52.3 Å². The number of sulfonamides is 1. The molecule has 1 heterocycles. The van der Waals surface area contributed by atoms with E-state index in [1.54, 1.807) is 6.07 Å². The lowest BCUT2D eigenvalue weighted by atomic mass is 10.2. The molecule has 0 aliphatic rings. The van der Waals surface area contributed by atoms with Crippen molar-refractivity contribution < 1.29 is 17.7 Å². The molecule has 1 atom stereocenters. The van der Waals surface area contributed by atoms with Crippen molar-refractivity contribution in [1.82, 2.24) is 8.87 Å². The summed E-state index contributed by atoms with van der Waals surface area (Å²) in [6.45, 7) is 3.49. The zero-order chi connectivity index (χ0) is 18.6. The van der Waals surface area contributed by atoms with Crippen molar-refractivity contribution in [2.75, 3.05) is 20.6 Å². The zero-order valence-electron chi connectivity index (χ0n) is 14.6. The van der Waals surface area contributed by atoms with Gasteiger partial charge in [-0.05, 0) is 25.1 Å². The normalized spacial score (nSPS) is 13.2. The summed E-state index contributed by atoms with van der Waals surface area (Å²) in [6.07, 6.45) is 1.36. The number of halogens is 1. The third-order valence-electron chi connectivity index (χ3n) is 3.97. The van der Waals surface area contributed by atoms with Crippen LogP contribution in [0.4, 0.5) is 4.39 Å². The monoisotopic (exact) mass is 368 g/mol. The Labute approximate surface area is 147 Å². The van der Waals surface area contributed by atoms with Gasteiger partial charge in [-0.2, -0.15) is 0 Å². The van der Waals surface area contributed by atoms with Crippen LogP contribution in [-0.4, -0.2) is 37.9 Å². The first-order chi connectivity index (χ1) is 11.7. The first kappa shape index (κ1) is 19.3. The van der Waals surface area contributed by atoms with E-state index >= 15 is 0 Å². The summed E-state index contributed by atoms with van der Waals surface area (Å²) in [5.41, 5.74) is 0.546. The van der Waals surface area contributed by atoms with Crippen molar-refractivity contribution in [2.45, 2.75) is 25.0 Å². The molecule has 8 heteroatoms. The third-order valence-corrected chi connectivity index (χ3v) is 5.77. The van der Waals surface area contributed by atoms with Crippen LogP contribution in [0.5, 0.6) is 0 Å². The number of hydrogen-bond acceptors (Lipinski definition) is 3. The Kier molecular flexibility index (Phi) is 6.10. The lowest BCUT2D eigenvalue weighted by Gasteiger charge is -2.20. The fourth-order valence-electron chi connectivity index (χ4n) is 2.47. The summed E-state index contributed by atoms with van der Waals surface area (Å²) in [5.74, 6) is -0.302. The molecule has 0 fully saturated rings. The van der Waals surface area contributed by atoms with Gasteiger partial charge in [0.1, 0.15) is 12.4 Å². The lowest BCUT2D eigenvalue weighted by Crippen LogP contribution is -3.09. The number of nitrogens with one attached hydrogen (secondary N) is 1. The Morgan fingerprint density at radius 2 is 1.92 bits per heavy atom. The molecule has 0 spiro atoms. The fourth-order valence-corrected chi connectivity index (χ4v) is 3.39. The number of nitrogens with zero attached hydrogens (tertiary/aromatic N) is 2. The highest BCUT2D eigenvalue weighted by Crippen LogP contribution is 2.10. The smallest absolute Gasteiger partial charge is 0.254 e. The van der Waals surface area contributed by atoms with Crippen molar-refractivity contribution in [3.8, 4) is 0 Å². The van der Waals surface area contributed by atoms with Crippen LogP contribution >= 0.6 is 0 Å². The summed E-state index contributed by atoms with van der Waals surface area (Å²) < 4.78 is 40.3. The molecular formula is C17H23FN3O3S+. The van der Waals surface area contributed by atoms with Crippen molar-refractivity contribution in [1.29, 1.82) is 0 Å². The predicted octanol–water partition coefficient (Wildman–Crippen LogP) is 0.300. The standard InChI is InChI=1S/C17H22FN3O3S/c1-4-20(11-14-6-5-7-15(18)10-14)13-21-12-16(8-9-17(21)22)25(23,24)19(2)3/h5-10,12H,4,11,13H2,1-3H3/p+1. The van der Waals surface area contributed by atoms with Crippen molar-refractivity contribution in [3.05, 3.63) is 64.3 Å². The molecule has 0 radical (unpaired) electrons. The van der Waals surface area contributed by atoms with Crippen molar-refractivity contribution in [3.63, 3.8) is 0 Å². The number of quaternary nitrogens is 1. The average molecular weight is 368 g/mol. The van der Waals surface area contributed by atoms with Gasteiger partial charge in [0.2, 0.25) is 10.0 Å². The van der Waals surface area contributed by atoms with Crippen LogP contribution in [0, 0.1) is 5.82 Å². The van der Waals surface area contributed by atoms with Gasteiger partial charge in [-0.1, -0.05) is 12.1 Å². The van der Waals surface area contributed by atoms with Gasteiger partial charge in [-0.3, -0.25) is 9.36 Å². The number of aromatic nitrogens is 1. The predicted molar refractivity (Wildman–Crippen MR) is 93.2 cm³/mol. The van der Waals surface area contributed by atoms with Gasteiger partial charge in [0.25, 0.3) is 5.56 Å². The van der Waals surface area contributed by atoms with E-state index in [4.69, 9.17) is 0 Å². The van der Waals surface area contributed by atoms with Gasteiger partial charge in [0.15, 0.2) is 6.67 Å². The maximum absolute atomic E-state index is 13.3. The average Bonchev–Trinajstić information content (AvgIpc) is 2.55. The largest absolute Gasteiger partial charge is 0.314 e. The van der Waals surface area contributed by atoms with Gasteiger partial charge < -0.3 is 4.90 Å². The SMILES string of the molecule is CC[NH+](Cc1cccc(F)c1)Cn1cc(S(=O)(=O)N(C)C)ccc1=O. The molecule has 0 saturated heterocycles. The van der Waals surface area contributed by atoms with Crippen LogP contribution in [0.1, 0.15) is 12.5 Å². The Hall–Kier alpha value is -2.03. The second-order valence-corrected chi connectivity index (χ2v) is 8.18. The molecule has 0 bridgehead atoms. The first-order valence-corrected chi connectivity index (χ1v) is 9.39. The fraction of sp³-hybridized carbons (Fsp3) is 0.353. The van der Waals surface area contributed by atoms with Gasteiger partial charge in [-0.15, -0.1) is 0 Å². The molecule has 25 heavy (non-hydrogen) atoms. The van der Waals surface area contributed by atoms with E-state index in [-0.39, 0.29) is 16.3 Å². The van der Waals surface area contributed by atoms with Crippen LogP contribution in [-0.2, 0) is 23.2 Å². The van der Waals surface area contributed by atoms with Crippen LogP contribution in [0.3, 0.4) is 0 Å². The van der Waals surface area contributed by atoms with Crippen LogP contribution in [0.25, 0.3) is 0 Å². The maximum atomic E-state index is 13.3. The molecule has 1 N–H and O–H groups in total. The van der Waals surface area contributed by atoms with Crippen molar-refractivity contribution >= 4 is 10.0 Å². The molecule has 1 aromatic heterocycles. The molecule has 1 unspecified atom stereocenters. The highest BCUT2D eigenvalue weighted by Gasteiger charge is 2.19. The number of pyridine rings is 1. The summed E-state index contributed by atoms with van der Waals surface area (Å²) >= 11 is 0. The summed E-state index contributed by atoms with van der Waals surface area (Å²) in [7, 11) is -0.723. The van der Waals surface area contributed by atoms with E-state index < -0.39 is 10.0 Å². The highest BCUT2D eigenvalue weighted by atomic mass is 32.2. The third kappa shape index (κ3) is 4.75. The first-order valence-electron chi connectivity index (χ1n) is 7.95. The summed E-state index contributed by atoms with van der Waals surface area (Å²) in [4.78, 5) is 13.2. The number of hydrogen-bond donors (Lipinski definition) is 1. The zero-order valence-corrected chi connectivity index (χ0v) is 15.4. The minimum Gasteiger partial charge on any atom is -0.314 e. The summed E-state index contributed by atoms with van der Waals surface area (Å²) in [6, 6.07) is 8.89. The quantitative estimate of drug-likeness (QED) is 0.765. The molecule has 0 amide bonds. The van der Waals surface area contributed by atoms with E-state index in [9.17, 15) is 17.6 Å². The highest BCUT2D eigenvalue weighted by molar-refractivity contribution is 7.89. The minimum atomic E-state index is -3.61. The van der Waals surface area contributed by atoms with E-state index in [1.165, 1.54) is 49.1 Å². The maximum Gasteiger partial charge on any atom is 0.254 e. The molecule has 0 aliphatic carbocycles. The molecule has 2 aromatic rings. The van der Waals surface area contributed by atoms with Gasteiger partial charge in [0, 0.05) is 31.9 Å². The molecule has 0 saturated carbocycles. The Bertz CT molecular complexity index is 894. The number of rotatable bonds is 7. The number of benzene rings is 1. The van der Waals surface area contributed by atoms with E-state index in [2.05, 4.69) is 0 Å². The van der Waals surface area contributed by atoms with Crippen LogP contribution in [0.2, 0.25) is 0 Å². The molecule has 2 rings (SSSR count). The molecule has 6 nitrogen and oxygen atoms in total. The van der Waals surface area contributed by atoms with Gasteiger partial charge in [0.05, 0.1) is 11.4 Å². The second-order valence-electron chi connectivity index (χ2n) is 6.03. The molecule has 0 aliphatic heterocycles. The summed E-state index contributed by atoms with van der Waals surface area (Å²) in [5, 5.41) is 0. The van der Waals surface area contributed by atoms with Gasteiger partial charge >= 0.3 is 0 Å². The topological polar surface area (TPSA) is 63.8 Å². The van der Waals surface area contributed by atoms with E-state index in [0.717, 1.165) is 14.8 Å². The molecular weight excluding hydrogens is 345 g/mol. The Morgan fingerprint density at radius 1 is 1.20 bits per heavy atom. The lowest BCUT2D eigenvalue weighted by molar-refractivity contribution is -0.934.